The van der Waals surface area contributed by atoms with Gasteiger partial charge in [-0.3, -0.25) is 19.2 Å². The van der Waals surface area contributed by atoms with Crippen molar-refractivity contribution < 1.29 is 71.5 Å². The summed E-state index contributed by atoms with van der Waals surface area (Å²) < 4.78 is 49.3. The smallest absolute Gasteiger partial charge is 0.458 e. The zero-order valence-electron chi connectivity index (χ0n) is 35.2. The Bertz CT molecular complexity index is 2470. The fraction of sp³-hybridized carbons (Fsp3) is 0.426. The lowest BCUT2D eigenvalue weighted by Crippen LogP contribution is -2.83. The molecular formula is C47H46O15. The van der Waals surface area contributed by atoms with Gasteiger partial charge in [0.15, 0.2) is 35.8 Å². The number of hydrogen-bond donors (Lipinski definition) is 0. The van der Waals surface area contributed by atoms with Gasteiger partial charge in [0.2, 0.25) is 5.60 Å². The van der Waals surface area contributed by atoms with Crippen LogP contribution < -0.4 is 0 Å². The van der Waals surface area contributed by atoms with Crippen molar-refractivity contribution in [3.63, 3.8) is 0 Å². The molecule has 2 bridgehead atoms. The number of hydrogen-bond acceptors (Lipinski definition) is 15. The van der Waals surface area contributed by atoms with E-state index < -0.39 is 106 Å². The van der Waals surface area contributed by atoms with E-state index >= 15 is 4.79 Å². The third-order valence-electron chi connectivity index (χ3n) is 13.4. The van der Waals surface area contributed by atoms with Crippen LogP contribution in [0, 0.1) is 16.7 Å². The van der Waals surface area contributed by atoms with E-state index in [1.807, 2.05) is 42.5 Å². The number of esters is 5. The summed E-state index contributed by atoms with van der Waals surface area (Å²) in [5.74, 6) is -6.69. The van der Waals surface area contributed by atoms with Gasteiger partial charge < -0.3 is 37.9 Å². The Morgan fingerprint density at radius 2 is 1.47 bits per heavy atom. The Hall–Kier alpha value is -6.35. The van der Waals surface area contributed by atoms with Crippen molar-refractivity contribution in [2.24, 2.45) is 16.7 Å². The van der Waals surface area contributed by atoms with Gasteiger partial charge >= 0.3 is 36.0 Å². The summed E-state index contributed by atoms with van der Waals surface area (Å²) in [6.45, 7) is 9.28. The lowest BCUT2D eigenvalue weighted by Gasteiger charge is -2.67. The number of rotatable bonds is 8. The highest BCUT2D eigenvalue weighted by atomic mass is 16.8. The van der Waals surface area contributed by atoms with Gasteiger partial charge in [0.25, 0.3) is 0 Å². The van der Waals surface area contributed by atoms with Crippen LogP contribution in [0.15, 0.2) is 90.0 Å². The minimum atomic E-state index is -2.23. The standard InChI is InChI=1S/C47H46O15/c1-24-35-37(57-26(3)49)39(52)45(7)32(58-34(51)20-18-28-17-19-29-13-11-12-16-31(29)21-28)22-33-46(23-55-33,61-27(4)50)38(45)41(59-42(53)30-14-9-8-10-15-30)47(44(35,5)6)40(60-43(54)62-47)36(24)56-25(2)48/h8-21,32-33,36-38,40-41H,22-23H2,1-7H3/b20-18+/t32-,33+,36+,37+,38-,40-,41-,45+,46-,47+/m0/s1. The first-order chi connectivity index (χ1) is 29.3. The number of ether oxygens (including phenoxy) is 8. The maximum atomic E-state index is 16.0. The van der Waals surface area contributed by atoms with Gasteiger partial charge in [0, 0.05) is 38.7 Å². The topological polar surface area (TPSA) is 193 Å². The summed E-state index contributed by atoms with van der Waals surface area (Å²) in [6, 6.07) is 21.2. The highest BCUT2D eigenvalue weighted by Crippen LogP contribution is 2.67. The lowest BCUT2D eigenvalue weighted by molar-refractivity contribution is -0.346. The van der Waals surface area contributed by atoms with Crippen LogP contribution in [-0.2, 0) is 61.9 Å². The summed E-state index contributed by atoms with van der Waals surface area (Å²) in [4.78, 5) is 97.7. The van der Waals surface area contributed by atoms with Crippen molar-refractivity contribution in [2.45, 2.75) is 103 Å². The van der Waals surface area contributed by atoms with E-state index in [0.29, 0.717) is 5.56 Å². The van der Waals surface area contributed by atoms with Gasteiger partial charge in [0.1, 0.15) is 12.2 Å². The summed E-state index contributed by atoms with van der Waals surface area (Å²) in [5, 5.41) is 1.93. The van der Waals surface area contributed by atoms with Crippen LogP contribution in [-0.4, -0.2) is 96.2 Å². The Morgan fingerprint density at radius 1 is 0.790 bits per heavy atom. The summed E-state index contributed by atoms with van der Waals surface area (Å²) >= 11 is 0. The number of ketones is 1. The third-order valence-corrected chi connectivity index (χ3v) is 13.4. The molecule has 0 radical (unpaired) electrons. The second kappa shape index (κ2) is 15.2. The van der Waals surface area contributed by atoms with E-state index in [4.69, 9.17) is 37.9 Å². The van der Waals surface area contributed by atoms with E-state index in [0.717, 1.165) is 31.5 Å². The summed E-state index contributed by atoms with van der Waals surface area (Å²) in [7, 11) is 0. The first kappa shape index (κ1) is 42.3. The molecule has 2 aliphatic heterocycles. The number of carbonyl (C=O) groups excluding carboxylic acids is 7. The highest BCUT2D eigenvalue weighted by Gasteiger charge is 2.83. The molecule has 0 N–H and O–H groups in total. The predicted molar refractivity (Wildman–Crippen MR) is 216 cm³/mol. The second-order valence-electron chi connectivity index (χ2n) is 17.2. The van der Waals surface area contributed by atoms with Gasteiger partial charge in [-0.15, -0.1) is 0 Å². The molecule has 0 unspecified atom stereocenters. The molecule has 62 heavy (non-hydrogen) atoms. The molecular weight excluding hydrogens is 805 g/mol. The largest absolute Gasteiger partial charge is 0.509 e. The first-order valence-corrected chi connectivity index (χ1v) is 20.3. The van der Waals surface area contributed by atoms with Crippen molar-refractivity contribution in [3.05, 3.63) is 101 Å². The summed E-state index contributed by atoms with van der Waals surface area (Å²) in [5.41, 5.74) is -6.81. The molecule has 8 rings (SSSR count). The number of carbonyl (C=O) groups is 7. The lowest BCUT2D eigenvalue weighted by atomic mass is 9.44. The van der Waals surface area contributed by atoms with Gasteiger partial charge in [-0.1, -0.05) is 68.4 Å². The van der Waals surface area contributed by atoms with Crippen LogP contribution in [0.2, 0.25) is 0 Å². The van der Waals surface area contributed by atoms with Crippen molar-refractivity contribution in [1.82, 2.24) is 0 Å². The Morgan fingerprint density at radius 3 is 2.11 bits per heavy atom. The van der Waals surface area contributed by atoms with E-state index in [1.165, 1.54) is 25.1 Å². The molecule has 3 aromatic rings. The van der Waals surface area contributed by atoms with Crippen molar-refractivity contribution >= 4 is 58.6 Å². The van der Waals surface area contributed by atoms with Crippen LogP contribution >= 0.6 is 0 Å². The van der Waals surface area contributed by atoms with Gasteiger partial charge in [0.05, 0.1) is 23.5 Å². The second-order valence-corrected chi connectivity index (χ2v) is 17.2. The van der Waals surface area contributed by atoms with E-state index in [2.05, 4.69) is 0 Å². The molecule has 2 saturated heterocycles. The number of benzene rings is 3. The maximum Gasteiger partial charge on any atom is 0.509 e. The SMILES string of the molecule is CC(=O)O[C@H]1C(=O)[C@]2(C)[C@@H](OC(=O)/C=C/c3ccc4ccccc4c3)C[C@H]3OC[C@@]3(OC(C)=O)[C@H]2[C@H](OC(=O)c2ccccc2)[C@]23OC(=O)O[C@H]2[C@H](OC(C)=O)C(C)=C1C3(C)C. The highest BCUT2D eigenvalue weighted by molar-refractivity contribution is 5.97. The zero-order chi connectivity index (χ0) is 44.5. The van der Waals surface area contributed by atoms with Crippen molar-refractivity contribution in [3.8, 4) is 0 Å². The molecule has 15 nitrogen and oxygen atoms in total. The molecule has 0 aromatic heterocycles. The minimum absolute atomic E-state index is 0.0636. The van der Waals surface area contributed by atoms with Crippen LogP contribution in [0.3, 0.4) is 0 Å². The molecule has 3 aromatic carbocycles. The zero-order valence-corrected chi connectivity index (χ0v) is 35.2. The van der Waals surface area contributed by atoms with E-state index in [1.54, 1.807) is 45.0 Å². The third kappa shape index (κ3) is 6.47. The van der Waals surface area contributed by atoms with Crippen molar-refractivity contribution in [1.29, 1.82) is 0 Å². The number of Topliss-reactive ketones (excluding diaryl/α,β-unsaturated/α-hetero) is 1. The summed E-state index contributed by atoms with van der Waals surface area (Å²) in [6.07, 6.45) is -7.87. The average Bonchev–Trinajstić information content (AvgIpc) is 3.58. The van der Waals surface area contributed by atoms with Gasteiger partial charge in [-0.25, -0.2) is 14.4 Å². The normalized spacial score (nSPS) is 32.9. The van der Waals surface area contributed by atoms with E-state index in [-0.39, 0.29) is 29.7 Å². The molecule has 10 atom stereocenters. The Balaban J connectivity index is 1.38. The quantitative estimate of drug-likeness (QED) is 0.114. The molecule has 324 valence electrons. The molecule has 5 aliphatic rings. The minimum Gasteiger partial charge on any atom is -0.458 e. The molecule has 15 heteroatoms. The van der Waals surface area contributed by atoms with Crippen LogP contribution in [0.25, 0.3) is 16.8 Å². The van der Waals surface area contributed by atoms with Crippen LogP contribution in [0.1, 0.15) is 70.8 Å². The molecule has 0 amide bonds. The molecule has 2 saturated carbocycles. The van der Waals surface area contributed by atoms with Crippen LogP contribution in [0.5, 0.6) is 0 Å². The van der Waals surface area contributed by atoms with Gasteiger partial charge in [-0.05, 0) is 65.6 Å². The number of fused-ring (bicyclic) bond motifs is 5. The Kier molecular flexibility index (Phi) is 10.4. The fourth-order valence-corrected chi connectivity index (χ4v) is 10.8. The average molecular weight is 851 g/mol. The first-order valence-electron chi connectivity index (χ1n) is 20.3. The van der Waals surface area contributed by atoms with Crippen molar-refractivity contribution in [2.75, 3.05) is 6.61 Å². The van der Waals surface area contributed by atoms with Crippen LogP contribution in [0.4, 0.5) is 4.79 Å². The molecule has 2 heterocycles. The Labute approximate surface area is 356 Å². The predicted octanol–water partition coefficient (Wildman–Crippen LogP) is 5.79. The molecule has 4 fully saturated rings. The monoisotopic (exact) mass is 850 g/mol. The fourth-order valence-electron chi connectivity index (χ4n) is 10.8. The van der Waals surface area contributed by atoms with E-state index in [9.17, 15) is 28.8 Å². The van der Waals surface area contributed by atoms with Gasteiger partial charge in [-0.2, -0.15) is 0 Å². The molecule has 1 spiro atoms. The maximum absolute atomic E-state index is 16.0. The molecule has 3 aliphatic carbocycles.